The first-order chi connectivity index (χ1) is 8.69. The molecule has 1 aliphatic rings. The van der Waals surface area contributed by atoms with Gasteiger partial charge in [-0.3, -0.25) is 0 Å². The highest BCUT2D eigenvalue weighted by Gasteiger charge is 2.40. The minimum Gasteiger partial charge on any atom is -0.325 e. The summed E-state index contributed by atoms with van der Waals surface area (Å²) in [5.74, 6) is 0.693. The summed E-state index contributed by atoms with van der Waals surface area (Å²) < 4.78 is 0. The first kappa shape index (κ1) is 14.9. The SMILES string of the molecule is Cc1ccc(CC2(N)CC(C)CC(C)(C)C2)c(Cl)c1. The molecule has 0 amide bonds. The van der Waals surface area contributed by atoms with E-state index in [0.717, 1.165) is 24.3 Å². The number of rotatable bonds is 2. The van der Waals surface area contributed by atoms with Gasteiger partial charge in [-0.2, -0.15) is 0 Å². The molecule has 0 saturated heterocycles. The molecule has 0 aromatic heterocycles. The van der Waals surface area contributed by atoms with E-state index in [1.54, 1.807) is 0 Å². The summed E-state index contributed by atoms with van der Waals surface area (Å²) in [4.78, 5) is 0. The lowest BCUT2D eigenvalue weighted by Crippen LogP contribution is -2.50. The quantitative estimate of drug-likeness (QED) is 0.832. The normalized spacial score (nSPS) is 30.3. The molecule has 1 fully saturated rings. The van der Waals surface area contributed by atoms with Gasteiger partial charge in [-0.05, 0) is 61.1 Å². The molecule has 19 heavy (non-hydrogen) atoms. The molecule has 0 bridgehead atoms. The van der Waals surface area contributed by atoms with Crippen molar-refractivity contribution in [2.24, 2.45) is 17.1 Å². The highest BCUT2D eigenvalue weighted by atomic mass is 35.5. The topological polar surface area (TPSA) is 26.0 Å². The predicted molar refractivity (Wildman–Crippen MR) is 83.6 cm³/mol. The number of benzene rings is 1. The first-order valence-corrected chi connectivity index (χ1v) is 7.61. The van der Waals surface area contributed by atoms with Crippen LogP contribution in [0.2, 0.25) is 5.02 Å². The Morgan fingerprint density at radius 2 is 2.00 bits per heavy atom. The number of aryl methyl sites for hydroxylation is 1. The third-order valence-corrected chi connectivity index (χ3v) is 4.59. The van der Waals surface area contributed by atoms with Crippen molar-refractivity contribution in [1.29, 1.82) is 0 Å². The fourth-order valence-electron chi connectivity index (χ4n) is 4.12. The zero-order valence-electron chi connectivity index (χ0n) is 12.6. The molecule has 106 valence electrons. The van der Waals surface area contributed by atoms with Crippen LogP contribution in [0.15, 0.2) is 18.2 Å². The molecular formula is C17H26ClN. The Morgan fingerprint density at radius 3 is 2.58 bits per heavy atom. The maximum atomic E-state index is 6.71. The Kier molecular flexibility index (Phi) is 3.99. The highest BCUT2D eigenvalue weighted by molar-refractivity contribution is 6.31. The number of nitrogens with two attached hydrogens (primary N) is 1. The van der Waals surface area contributed by atoms with E-state index in [1.165, 1.54) is 17.5 Å². The lowest BCUT2D eigenvalue weighted by molar-refractivity contribution is 0.108. The molecule has 2 atom stereocenters. The molecule has 2 unspecified atom stereocenters. The molecule has 1 aromatic rings. The third-order valence-electron chi connectivity index (χ3n) is 4.24. The minimum absolute atomic E-state index is 0.111. The zero-order chi connectivity index (χ0) is 14.3. The summed E-state index contributed by atoms with van der Waals surface area (Å²) in [6.07, 6.45) is 4.34. The Bertz CT molecular complexity index is 466. The number of hydrogen-bond donors (Lipinski definition) is 1. The molecule has 1 aromatic carbocycles. The number of hydrogen-bond acceptors (Lipinski definition) is 1. The van der Waals surface area contributed by atoms with E-state index < -0.39 is 0 Å². The van der Waals surface area contributed by atoms with Gasteiger partial charge < -0.3 is 5.73 Å². The summed E-state index contributed by atoms with van der Waals surface area (Å²) in [7, 11) is 0. The van der Waals surface area contributed by atoms with Gasteiger partial charge in [0.15, 0.2) is 0 Å². The lowest BCUT2D eigenvalue weighted by atomic mass is 9.63. The van der Waals surface area contributed by atoms with E-state index in [9.17, 15) is 0 Å². The largest absolute Gasteiger partial charge is 0.325 e. The van der Waals surface area contributed by atoms with E-state index in [1.807, 2.05) is 6.07 Å². The molecule has 0 aliphatic heterocycles. The van der Waals surface area contributed by atoms with Crippen LogP contribution in [0.5, 0.6) is 0 Å². The maximum Gasteiger partial charge on any atom is 0.0441 e. The molecule has 0 heterocycles. The van der Waals surface area contributed by atoms with Crippen LogP contribution in [0.25, 0.3) is 0 Å². The van der Waals surface area contributed by atoms with Gasteiger partial charge in [0.1, 0.15) is 0 Å². The molecule has 0 spiro atoms. The fraction of sp³-hybridized carbons (Fsp3) is 0.647. The lowest BCUT2D eigenvalue weighted by Gasteiger charge is -2.46. The molecule has 1 nitrogen and oxygen atoms in total. The van der Waals surface area contributed by atoms with Crippen molar-refractivity contribution in [2.75, 3.05) is 0 Å². The average Bonchev–Trinajstić information content (AvgIpc) is 2.18. The van der Waals surface area contributed by atoms with Crippen LogP contribution in [0.3, 0.4) is 0 Å². The van der Waals surface area contributed by atoms with Crippen molar-refractivity contribution in [3.63, 3.8) is 0 Å². The maximum absolute atomic E-state index is 6.71. The van der Waals surface area contributed by atoms with E-state index >= 15 is 0 Å². The zero-order valence-corrected chi connectivity index (χ0v) is 13.3. The average molecular weight is 280 g/mol. The standard InChI is InChI=1S/C17H26ClN/c1-12-5-6-14(15(18)7-12)10-17(19)9-13(2)8-16(3,4)11-17/h5-7,13H,8-11,19H2,1-4H3. The molecule has 2 N–H and O–H groups in total. The van der Waals surface area contributed by atoms with E-state index in [4.69, 9.17) is 17.3 Å². The molecule has 2 heteroatoms. The molecule has 1 aliphatic carbocycles. The predicted octanol–water partition coefficient (Wildman–Crippen LogP) is 4.73. The van der Waals surface area contributed by atoms with Gasteiger partial charge >= 0.3 is 0 Å². The second-order valence-electron chi connectivity index (χ2n) is 7.49. The van der Waals surface area contributed by atoms with E-state index in [2.05, 4.69) is 39.8 Å². The summed E-state index contributed by atoms with van der Waals surface area (Å²) in [5.41, 5.74) is 9.33. The van der Waals surface area contributed by atoms with Gasteiger partial charge in [-0.25, -0.2) is 0 Å². The Morgan fingerprint density at radius 1 is 1.32 bits per heavy atom. The van der Waals surface area contributed by atoms with Crippen molar-refractivity contribution < 1.29 is 0 Å². The Balaban J connectivity index is 2.21. The van der Waals surface area contributed by atoms with Gasteiger partial charge in [0, 0.05) is 10.6 Å². The molecular weight excluding hydrogens is 254 g/mol. The van der Waals surface area contributed by atoms with Gasteiger partial charge in [0.05, 0.1) is 0 Å². The Hall–Kier alpha value is -0.530. The van der Waals surface area contributed by atoms with Crippen molar-refractivity contribution in [2.45, 2.75) is 58.9 Å². The van der Waals surface area contributed by atoms with Crippen molar-refractivity contribution >= 4 is 11.6 Å². The highest BCUT2D eigenvalue weighted by Crippen LogP contribution is 2.44. The molecule has 1 saturated carbocycles. The van der Waals surface area contributed by atoms with Crippen LogP contribution in [0.4, 0.5) is 0 Å². The van der Waals surface area contributed by atoms with Crippen molar-refractivity contribution in [1.82, 2.24) is 0 Å². The van der Waals surface area contributed by atoms with Gasteiger partial charge in [-0.15, -0.1) is 0 Å². The van der Waals surface area contributed by atoms with Crippen LogP contribution in [0, 0.1) is 18.3 Å². The third kappa shape index (κ3) is 3.73. The minimum atomic E-state index is -0.111. The fourth-order valence-corrected chi connectivity index (χ4v) is 4.42. The first-order valence-electron chi connectivity index (χ1n) is 7.23. The van der Waals surface area contributed by atoms with Crippen LogP contribution < -0.4 is 5.73 Å². The van der Waals surface area contributed by atoms with Crippen molar-refractivity contribution in [3.05, 3.63) is 34.3 Å². The van der Waals surface area contributed by atoms with Crippen LogP contribution in [0.1, 0.15) is 51.2 Å². The molecule has 0 radical (unpaired) electrons. The van der Waals surface area contributed by atoms with E-state index in [0.29, 0.717) is 11.3 Å². The van der Waals surface area contributed by atoms with Gasteiger partial charge in [0.2, 0.25) is 0 Å². The van der Waals surface area contributed by atoms with E-state index in [-0.39, 0.29) is 5.54 Å². The van der Waals surface area contributed by atoms with Crippen LogP contribution >= 0.6 is 11.6 Å². The second-order valence-corrected chi connectivity index (χ2v) is 7.90. The summed E-state index contributed by atoms with van der Waals surface area (Å²) in [5, 5.41) is 0.862. The van der Waals surface area contributed by atoms with Crippen molar-refractivity contribution in [3.8, 4) is 0 Å². The second kappa shape index (κ2) is 5.10. The summed E-state index contributed by atoms with van der Waals surface area (Å²) in [6.45, 7) is 9.06. The number of halogens is 1. The summed E-state index contributed by atoms with van der Waals surface area (Å²) in [6, 6.07) is 6.30. The van der Waals surface area contributed by atoms with Gasteiger partial charge in [0.25, 0.3) is 0 Å². The summed E-state index contributed by atoms with van der Waals surface area (Å²) >= 11 is 6.36. The Labute approximate surface area is 122 Å². The van der Waals surface area contributed by atoms with Crippen LogP contribution in [-0.2, 0) is 6.42 Å². The smallest absolute Gasteiger partial charge is 0.0441 e. The molecule has 2 rings (SSSR count). The van der Waals surface area contributed by atoms with Gasteiger partial charge in [-0.1, -0.05) is 44.5 Å². The van der Waals surface area contributed by atoms with Crippen LogP contribution in [-0.4, -0.2) is 5.54 Å². The monoisotopic (exact) mass is 279 g/mol.